The number of fused-ring (bicyclic) bond motifs is 1. The molecule has 1 aliphatic rings. The van der Waals surface area contributed by atoms with Crippen LogP contribution in [-0.2, 0) is 16.2 Å². The molecule has 0 atom stereocenters. The van der Waals surface area contributed by atoms with Gasteiger partial charge in [0.25, 0.3) is 5.91 Å². The molecule has 1 saturated heterocycles. The van der Waals surface area contributed by atoms with Crippen LogP contribution >= 0.6 is 24.0 Å². The number of thioether (sulfide) groups is 1. The maximum absolute atomic E-state index is 13.0. The molecule has 31 heavy (non-hydrogen) atoms. The molecule has 0 bridgehead atoms. The maximum atomic E-state index is 13.0. The molecule has 3 aromatic rings. The highest BCUT2D eigenvalue weighted by molar-refractivity contribution is 8.26. The Balaban J connectivity index is 1.50. The lowest BCUT2D eigenvalue weighted by Gasteiger charge is -2.10. The molecule has 0 saturated carbocycles. The smallest absolute Gasteiger partial charge is 0.323 e. The van der Waals surface area contributed by atoms with E-state index in [1.165, 1.54) is 12.1 Å². The van der Waals surface area contributed by atoms with Crippen molar-refractivity contribution in [3.8, 4) is 5.75 Å². The van der Waals surface area contributed by atoms with E-state index >= 15 is 0 Å². The van der Waals surface area contributed by atoms with Crippen LogP contribution in [0.5, 0.6) is 5.75 Å². The SMILES string of the molecule is O=C(O)CN1C(=O)/C(=C\c2ccc3cc(OCc4ccc(F)cc4)ccc3c2)SC1=S. The van der Waals surface area contributed by atoms with Crippen LogP contribution in [0.1, 0.15) is 11.1 Å². The first-order valence-corrected chi connectivity index (χ1v) is 10.5. The molecule has 0 aliphatic carbocycles. The highest BCUT2D eigenvalue weighted by Gasteiger charge is 2.33. The Morgan fingerprint density at radius 3 is 2.55 bits per heavy atom. The minimum Gasteiger partial charge on any atom is -0.489 e. The second-order valence-electron chi connectivity index (χ2n) is 6.85. The second-order valence-corrected chi connectivity index (χ2v) is 8.52. The third kappa shape index (κ3) is 4.92. The summed E-state index contributed by atoms with van der Waals surface area (Å²) >= 11 is 6.21. The minimum absolute atomic E-state index is 0.238. The van der Waals surface area contributed by atoms with Crippen molar-refractivity contribution < 1.29 is 23.8 Å². The third-order valence-electron chi connectivity index (χ3n) is 4.62. The lowest BCUT2D eigenvalue weighted by atomic mass is 10.1. The molecule has 3 aromatic carbocycles. The molecular formula is C23H16FNO4S2. The number of carboxylic acid groups (broad SMARTS) is 1. The van der Waals surface area contributed by atoms with E-state index in [1.54, 1.807) is 18.2 Å². The molecule has 5 nitrogen and oxygen atoms in total. The number of amides is 1. The van der Waals surface area contributed by atoms with Gasteiger partial charge in [-0.25, -0.2) is 4.39 Å². The van der Waals surface area contributed by atoms with Gasteiger partial charge in [-0.05, 0) is 58.3 Å². The molecule has 0 spiro atoms. The zero-order valence-corrected chi connectivity index (χ0v) is 17.7. The fourth-order valence-electron chi connectivity index (χ4n) is 3.09. The van der Waals surface area contributed by atoms with Crippen LogP contribution in [0.15, 0.2) is 65.6 Å². The van der Waals surface area contributed by atoms with E-state index in [-0.39, 0.29) is 10.1 Å². The van der Waals surface area contributed by atoms with Gasteiger partial charge in [0.1, 0.15) is 29.0 Å². The van der Waals surface area contributed by atoms with Crippen molar-refractivity contribution in [3.63, 3.8) is 0 Å². The van der Waals surface area contributed by atoms with Crippen LogP contribution in [-0.4, -0.2) is 32.7 Å². The molecular weight excluding hydrogens is 437 g/mol. The highest BCUT2D eigenvalue weighted by Crippen LogP contribution is 2.33. The van der Waals surface area contributed by atoms with Crippen molar-refractivity contribution in [1.82, 2.24) is 4.90 Å². The number of aliphatic carboxylic acids is 1. The molecule has 0 radical (unpaired) electrons. The number of halogens is 1. The highest BCUT2D eigenvalue weighted by atomic mass is 32.2. The molecule has 8 heteroatoms. The number of nitrogens with zero attached hydrogens (tertiary/aromatic N) is 1. The number of rotatable bonds is 6. The van der Waals surface area contributed by atoms with E-state index in [4.69, 9.17) is 22.1 Å². The number of benzene rings is 3. The van der Waals surface area contributed by atoms with Gasteiger partial charge in [0.15, 0.2) is 0 Å². The van der Waals surface area contributed by atoms with Crippen molar-refractivity contribution in [3.05, 3.63) is 82.5 Å². The second kappa shape index (κ2) is 8.87. The summed E-state index contributed by atoms with van der Waals surface area (Å²) in [7, 11) is 0. The number of carboxylic acids is 1. The van der Waals surface area contributed by atoms with Gasteiger partial charge >= 0.3 is 5.97 Å². The minimum atomic E-state index is -1.11. The Kier molecular flexibility index (Phi) is 6.01. The normalized spacial score (nSPS) is 15.1. The predicted octanol–water partition coefficient (Wildman–Crippen LogP) is 4.84. The molecule has 1 amide bonds. The molecule has 0 unspecified atom stereocenters. The van der Waals surface area contributed by atoms with Crippen LogP contribution in [0.3, 0.4) is 0 Å². The zero-order chi connectivity index (χ0) is 22.0. The van der Waals surface area contributed by atoms with Gasteiger partial charge < -0.3 is 9.84 Å². The van der Waals surface area contributed by atoms with Gasteiger partial charge in [-0.1, -0.05) is 54.3 Å². The molecule has 156 valence electrons. The lowest BCUT2D eigenvalue weighted by molar-refractivity contribution is -0.140. The third-order valence-corrected chi connectivity index (χ3v) is 6.00. The van der Waals surface area contributed by atoms with E-state index in [0.717, 1.165) is 38.6 Å². The average Bonchev–Trinajstić information content (AvgIpc) is 3.00. The largest absolute Gasteiger partial charge is 0.489 e. The first kappa shape index (κ1) is 21.0. The topological polar surface area (TPSA) is 66.8 Å². The molecule has 1 heterocycles. The Morgan fingerprint density at radius 2 is 1.81 bits per heavy atom. The summed E-state index contributed by atoms with van der Waals surface area (Å²) in [6.07, 6.45) is 1.71. The van der Waals surface area contributed by atoms with Crippen molar-refractivity contribution in [1.29, 1.82) is 0 Å². The number of ether oxygens (including phenoxy) is 1. The molecule has 1 aliphatic heterocycles. The monoisotopic (exact) mass is 453 g/mol. The number of hydrogen-bond acceptors (Lipinski definition) is 5. The lowest BCUT2D eigenvalue weighted by Crippen LogP contribution is -2.33. The zero-order valence-electron chi connectivity index (χ0n) is 16.1. The van der Waals surface area contributed by atoms with Crippen LogP contribution in [0.25, 0.3) is 16.8 Å². The Bertz CT molecular complexity index is 1220. The van der Waals surface area contributed by atoms with Crippen molar-refractivity contribution >= 4 is 57.0 Å². The van der Waals surface area contributed by atoms with E-state index in [2.05, 4.69) is 0 Å². The first-order valence-electron chi connectivity index (χ1n) is 9.27. The standard InChI is InChI=1S/C23H16FNO4S2/c24-18-6-2-14(3-7-18)13-29-19-8-5-16-9-15(1-4-17(16)11-19)10-20-22(28)25(12-21(26)27)23(30)31-20/h1-11H,12-13H2,(H,26,27)/b20-10+. The Hall–Kier alpha value is -3.23. The van der Waals surface area contributed by atoms with E-state index in [1.807, 2.05) is 36.4 Å². The number of carbonyl (C=O) groups excluding carboxylic acids is 1. The summed E-state index contributed by atoms with van der Waals surface area (Å²) in [5, 5.41) is 10.9. The van der Waals surface area contributed by atoms with Crippen LogP contribution < -0.4 is 4.74 Å². The van der Waals surface area contributed by atoms with Gasteiger partial charge in [-0.15, -0.1) is 0 Å². The predicted molar refractivity (Wildman–Crippen MR) is 122 cm³/mol. The van der Waals surface area contributed by atoms with Gasteiger partial charge in [-0.3, -0.25) is 14.5 Å². The summed E-state index contributed by atoms with van der Waals surface area (Å²) in [5.41, 5.74) is 1.68. The van der Waals surface area contributed by atoms with Crippen LogP contribution in [0.2, 0.25) is 0 Å². The maximum Gasteiger partial charge on any atom is 0.323 e. The van der Waals surface area contributed by atoms with Crippen molar-refractivity contribution in [2.45, 2.75) is 6.61 Å². The number of hydrogen-bond donors (Lipinski definition) is 1. The summed E-state index contributed by atoms with van der Waals surface area (Å²) in [5.74, 6) is -1.10. The number of carbonyl (C=O) groups is 2. The fourth-order valence-corrected chi connectivity index (χ4v) is 4.35. The summed E-state index contributed by atoms with van der Waals surface area (Å²) in [4.78, 5) is 24.8. The summed E-state index contributed by atoms with van der Waals surface area (Å²) in [6, 6.07) is 17.6. The number of thiocarbonyl (C=S) groups is 1. The molecule has 1 fully saturated rings. The Morgan fingerprint density at radius 1 is 1.10 bits per heavy atom. The quantitative estimate of drug-likeness (QED) is 0.425. The fraction of sp³-hybridized carbons (Fsp3) is 0.0870. The summed E-state index contributed by atoms with van der Waals surface area (Å²) < 4.78 is 19.0. The molecule has 1 N–H and O–H groups in total. The molecule has 4 rings (SSSR count). The first-order chi connectivity index (χ1) is 14.9. The van der Waals surface area contributed by atoms with Crippen LogP contribution in [0, 0.1) is 5.82 Å². The van der Waals surface area contributed by atoms with E-state index in [0.29, 0.717) is 17.3 Å². The van der Waals surface area contributed by atoms with Crippen molar-refractivity contribution in [2.24, 2.45) is 0 Å². The molecule has 0 aromatic heterocycles. The average molecular weight is 454 g/mol. The van der Waals surface area contributed by atoms with Gasteiger partial charge in [0, 0.05) is 0 Å². The van der Waals surface area contributed by atoms with Crippen LogP contribution in [0.4, 0.5) is 4.39 Å². The summed E-state index contributed by atoms with van der Waals surface area (Å²) in [6.45, 7) is -0.109. The van der Waals surface area contributed by atoms with Gasteiger partial charge in [0.05, 0.1) is 4.91 Å². The van der Waals surface area contributed by atoms with Gasteiger partial charge in [0.2, 0.25) is 0 Å². The Labute approximate surface area is 187 Å². The van der Waals surface area contributed by atoms with Crippen molar-refractivity contribution in [2.75, 3.05) is 6.54 Å². The van der Waals surface area contributed by atoms with E-state index in [9.17, 15) is 14.0 Å². The van der Waals surface area contributed by atoms with Gasteiger partial charge in [-0.2, -0.15) is 0 Å². The van der Waals surface area contributed by atoms with E-state index < -0.39 is 18.4 Å².